The Morgan fingerprint density at radius 2 is 2.06 bits per heavy atom. The third-order valence-electron chi connectivity index (χ3n) is 5.93. The smallest absolute Gasteiger partial charge is 0.407 e. The summed E-state index contributed by atoms with van der Waals surface area (Å²) in [6, 6.07) is 7.19. The summed E-state index contributed by atoms with van der Waals surface area (Å²) in [6.45, 7) is 8.11. The van der Waals surface area contributed by atoms with Crippen molar-refractivity contribution in [2.75, 3.05) is 6.61 Å². The highest BCUT2D eigenvalue weighted by atomic mass is 16.5. The molecule has 0 bridgehead atoms. The number of ether oxygens (including phenoxy) is 2. The van der Waals surface area contributed by atoms with E-state index in [0.717, 1.165) is 5.39 Å². The third kappa shape index (κ3) is 3.89. The molecule has 0 aliphatic heterocycles. The van der Waals surface area contributed by atoms with Gasteiger partial charge in [-0.25, -0.2) is 19.3 Å². The van der Waals surface area contributed by atoms with E-state index in [4.69, 9.17) is 13.9 Å². The zero-order valence-electron chi connectivity index (χ0n) is 19.6. The third-order valence-corrected chi connectivity index (χ3v) is 5.93. The van der Waals surface area contributed by atoms with E-state index in [0.29, 0.717) is 53.9 Å². The average Bonchev–Trinajstić information content (AvgIpc) is 3.35. The molecule has 1 aliphatic rings. The van der Waals surface area contributed by atoms with E-state index in [2.05, 4.69) is 15.1 Å². The highest BCUT2D eigenvalue weighted by Gasteiger charge is 2.42. The fourth-order valence-electron chi connectivity index (χ4n) is 4.41. The van der Waals surface area contributed by atoms with E-state index in [-0.39, 0.29) is 12.1 Å². The molecule has 10 heteroatoms. The van der Waals surface area contributed by atoms with Crippen LogP contribution in [0.15, 0.2) is 41.1 Å². The maximum Gasteiger partial charge on any atom is 0.407 e. The van der Waals surface area contributed by atoms with Crippen molar-refractivity contribution in [2.24, 2.45) is 0 Å². The van der Waals surface area contributed by atoms with Crippen LogP contribution in [0.2, 0.25) is 0 Å². The van der Waals surface area contributed by atoms with Crippen LogP contribution < -0.4 is 9.47 Å². The van der Waals surface area contributed by atoms with Crippen molar-refractivity contribution in [3.63, 3.8) is 0 Å². The van der Waals surface area contributed by atoms with Gasteiger partial charge in [0, 0.05) is 42.8 Å². The number of fused-ring (bicyclic) bond motifs is 2. The molecule has 10 nitrogen and oxygen atoms in total. The Morgan fingerprint density at radius 3 is 2.76 bits per heavy atom. The van der Waals surface area contributed by atoms with Gasteiger partial charge < -0.3 is 23.9 Å². The molecule has 0 saturated heterocycles. The van der Waals surface area contributed by atoms with Crippen LogP contribution in [0.1, 0.15) is 40.5 Å². The van der Waals surface area contributed by atoms with Gasteiger partial charge in [0.15, 0.2) is 11.4 Å². The fourth-order valence-corrected chi connectivity index (χ4v) is 4.41. The van der Waals surface area contributed by atoms with Crippen molar-refractivity contribution in [3.05, 3.63) is 36.7 Å². The summed E-state index contributed by atoms with van der Waals surface area (Å²) in [5, 5.41) is 15.0. The van der Waals surface area contributed by atoms with Gasteiger partial charge in [-0.05, 0) is 39.8 Å². The number of furan rings is 1. The second-order valence-electron chi connectivity index (χ2n) is 9.35. The Kier molecular flexibility index (Phi) is 5.30. The van der Waals surface area contributed by atoms with E-state index in [1.54, 1.807) is 29.0 Å². The van der Waals surface area contributed by atoms with E-state index in [1.165, 1.54) is 4.90 Å². The second kappa shape index (κ2) is 8.19. The fraction of sp³-hybridized carbons (Fsp3) is 0.417. The number of carboxylic acid groups (broad SMARTS) is 1. The lowest BCUT2D eigenvalue weighted by molar-refractivity contribution is -0.0152. The van der Waals surface area contributed by atoms with Crippen LogP contribution in [-0.2, 0) is 0 Å². The van der Waals surface area contributed by atoms with Crippen LogP contribution in [0.3, 0.4) is 0 Å². The van der Waals surface area contributed by atoms with Crippen molar-refractivity contribution < 1.29 is 23.8 Å². The van der Waals surface area contributed by atoms with Crippen LogP contribution in [0.5, 0.6) is 11.8 Å². The van der Waals surface area contributed by atoms with E-state index >= 15 is 0 Å². The van der Waals surface area contributed by atoms with Crippen LogP contribution in [0, 0.1) is 0 Å². The van der Waals surface area contributed by atoms with Crippen molar-refractivity contribution in [1.29, 1.82) is 0 Å². The Labute approximate surface area is 196 Å². The summed E-state index contributed by atoms with van der Waals surface area (Å²) in [5.41, 5.74) is 1.53. The van der Waals surface area contributed by atoms with Crippen LogP contribution in [0.4, 0.5) is 4.79 Å². The quantitative estimate of drug-likeness (QED) is 0.438. The Bertz CT molecular complexity index is 1350. The average molecular weight is 466 g/mol. The number of hydrogen-bond donors (Lipinski definition) is 1. The predicted molar refractivity (Wildman–Crippen MR) is 124 cm³/mol. The maximum atomic E-state index is 11.7. The topological polar surface area (TPSA) is 115 Å². The minimum Gasteiger partial charge on any atom is -0.477 e. The number of hydrogen-bond acceptors (Lipinski definition) is 7. The molecule has 0 unspecified atom stereocenters. The molecular weight excluding hydrogens is 438 g/mol. The van der Waals surface area contributed by atoms with Gasteiger partial charge in [0.25, 0.3) is 0 Å². The Hall–Kier alpha value is -3.82. The summed E-state index contributed by atoms with van der Waals surface area (Å²) in [7, 11) is 0. The molecular formula is C24H27N5O5. The summed E-state index contributed by atoms with van der Waals surface area (Å²) in [5.74, 6) is 1.55. The molecule has 0 aromatic carbocycles. The summed E-state index contributed by atoms with van der Waals surface area (Å²) >= 11 is 0. The molecule has 4 aromatic rings. The minimum absolute atomic E-state index is 0.0706. The van der Waals surface area contributed by atoms with E-state index in [9.17, 15) is 9.90 Å². The van der Waals surface area contributed by atoms with Crippen LogP contribution in [-0.4, -0.2) is 60.0 Å². The summed E-state index contributed by atoms with van der Waals surface area (Å²) in [6.07, 6.45) is 3.58. The second-order valence-corrected chi connectivity index (χ2v) is 9.35. The number of imidazole rings is 1. The summed E-state index contributed by atoms with van der Waals surface area (Å²) in [4.78, 5) is 21.9. The lowest BCUT2D eigenvalue weighted by Crippen LogP contribution is -2.58. The van der Waals surface area contributed by atoms with Gasteiger partial charge in [-0.3, -0.25) is 0 Å². The van der Waals surface area contributed by atoms with Gasteiger partial charge in [-0.15, -0.1) is 5.10 Å². The number of rotatable bonds is 6. The lowest BCUT2D eigenvalue weighted by Gasteiger charge is -2.46. The SMILES string of the molecule is CCOc1nccc2oc(-c3cnc4ccc(O[C@H]5C[C@H](N(C(=O)O)C(C)(C)C)C5)nn34)cc12. The predicted octanol–water partition coefficient (Wildman–Crippen LogP) is 4.62. The molecule has 4 aromatic heterocycles. The van der Waals surface area contributed by atoms with Gasteiger partial charge in [0.2, 0.25) is 11.8 Å². The van der Waals surface area contributed by atoms with Gasteiger partial charge >= 0.3 is 6.09 Å². The largest absolute Gasteiger partial charge is 0.477 e. The summed E-state index contributed by atoms with van der Waals surface area (Å²) < 4.78 is 19.4. The van der Waals surface area contributed by atoms with Crippen LogP contribution in [0.25, 0.3) is 28.1 Å². The van der Waals surface area contributed by atoms with Crippen molar-refractivity contribution in [3.8, 4) is 23.2 Å². The molecule has 1 aliphatic carbocycles. The van der Waals surface area contributed by atoms with Crippen molar-refractivity contribution in [1.82, 2.24) is 24.5 Å². The molecule has 1 amide bonds. The Balaban J connectivity index is 1.37. The number of amides is 1. The maximum absolute atomic E-state index is 11.7. The molecule has 5 rings (SSSR count). The lowest BCUT2D eigenvalue weighted by atomic mass is 9.85. The standard InChI is InChI=1S/C24H27N5O5/c1-5-32-22-16-12-19(34-18(16)8-9-25-22)17-13-26-20-6-7-21(27-29(17)20)33-15-10-14(11-15)28(23(30)31)24(2,3)4/h6-9,12-15H,5,10-11H2,1-4H3,(H,30,31)/t14-,15-. The zero-order chi connectivity index (χ0) is 24.0. The minimum atomic E-state index is -0.910. The molecule has 1 N–H and O–H groups in total. The normalized spacial score (nSPS) is 18.1. The Morgan fingerprint density at radius 1 is 1.26 bits per heavy atom. The first kappa shape index (κ1) is 22.0. The molecule has 1 saturated carbocycles. The highest BCUT2D eigenvalue weighted by Crippen LogP contribution is 2.35. The number of pyridine rings is 1. The molecule has 0 radical (unpaired) electrons. The first-order valence-corrected chi connectivity index (χ1v) is 11.3. The van der Waals surface area contributed by atoms with E-state index in [1.807, 2.05) is 39.8 Å². The molecule has 34 heavy (non-hydrogen) atoms. The zero-order valence-corrected chi connectivity index (χ0v) is 19.6. The van der Waals surface area contributed by atoms with Crippen molar-refractivity contribution in [2.45, 2.75) is 58.2 Å². The first-order chi connectivity index (χ1) is 16.2. The van der Waals surface area contributed by atoms with Gasteiger partial charge in [-0.2, -0.15) is 0 Å². The van der Waals surface area contributed by atoms with Gasteiger partial charge in [-0.1, -0.05) is 0 Å². The van der Waals surface area contributed by atoms with Gasteiger partial charge in [0.1, 0.15) is 17.4 Å². The molecule has 0 spiro atoms. The first-order valence-electron chi connectivity index (χ1n) is 11.3. The number of nitrogens with zero attached hydrogens (tertiary/aromatic N) is 5. The molecule has 1 fully saturated rings. The number of carbonyl (C=O) groups is 1. The highest BCUT2D eigenvalue weighted by molar-refractivity contribution is 5.86. The van der Waals surface area contributed by atoms with E-state index < -0.39 is 11.6 Å². The molecule has 178 valence electrons. The number of aromatic nitrogens is 4. The van der Waals surface area contributed by atoms with Crippen molar-refractivity contribution >= 4 is 22.7 Å². The molecule has 4 heterocycles. The molecule has 0 atom stereocenters. The monoisotopic (exact) mass is 465 g/mol. The van der Waals surface area contributed by atoms with Crippen LogP contribution >= 0.6 is 0 Å². The van der Waals surface area contributed by atoms with Gasteiger partial charge in [0.05, 0.1) is 18.2 Å².